The van der Waals surface area contributed by atoms with E-state index in [1.807, 2.05) is 13.8 Å². The average molecular weight is 195 g/mol. The maximum absolute atomic E-state index is 11.6. The Hall–Kier alpha value is -1.01. The Morgan fingerprint density at radius 3 is 2.93 bits per heavy atom. The van der Waals surface area contributed by atoms with Gasteiger partial charge in [0.25, 0.3) is 0 Å². The van der Waals surface area contributed by atoms with Gasteiger partial charge in [0.1, 0.15) is 6.10 Å². The zero-order chi connectivity index (χ0) is 10.6. The average Bonchev–Trinajstić information content (AvgIpc) is 2.70. The molecule has 0 aromatic heterocycles. The molecule has 1 aliphatic rings. The van der Waals surface area contributed by atoms with Crippen molar-refractivity contribution in [1.29, 1.82) is 0 Å². The molecule has 0 saturated carbocycles. The van der Waals surface area contributed by atoms with Gasteiger partial charge in [-0.25, -0.2) is 0 Å². The summed E-state index contributed by atoms with van der Waals surface area (Å²) in [6, 6.07) is 0. The molecule has 0 bridgehead atoms. The third-order valence-corrected chi connectivity index (χ3v) is 2.65. The lowest BCUT2D eigenvalue weighted by Crippen LogP contribution is -2.48. The van der Waals surface area contributed by atoms with Crippen LogP contribution >= 0.6 is 0 Å². The molecule has 3 nitrogen and oxygen atoms in total. The lowest BCUT2D eigenvalue weighted by molar-refractivity contribution is -0.131. The van der Waals surface area contributed by atoms with Crippen LogP contribution < -0.4 is 5.32 Å². The fraction of sp³-hybridized carbons (Fsp3) is 0.727. The molecule has 14 heavy (non-hydrogen) atoms. The van der Waals surface area contributed by atoms with E-state index in [-0.39, 0.29) is 12.0 Å². The SMILES string of the molecule is C#CC(C)(CC)NC(=O)C1CCCO1. The van der Waals surface area contributed by atoms with Crippen LogP contribution in [-0.2, 0) is 9.53 Å². The molecule has 0 aromatic rings. The molecule has 1 heterocycles. The van der Waals surface area contributed by atoms with Crippen molar-refractivity contribution in [3.05, 3.63) is 0 Å². The van der Waals surface area contributed by atoms with Crippen molar-refractivity contribution in [2.45, 2.75) is 44.8 Å². The zero-order valence-electron chi connectivity index (χ0n) is 8.80. The highest BCUT2D eigenvalue weighted by Crippen LogP contribution is 2.14. The van der Waals surface area contributed by atoms with Gasteiger partial charge in [-0.1, -0.05) is 12.8 Å². The fourth-order valence-electron chi connectivity index (χ4n) is 1.36. The van der Waals surface area contributed by atoms with Gasteiger partial charge >= 0.3 is 0 Å². The van der Waals surface area contributed by atoms with Crippen molar-refractivity contribution < 1.29 is 9.53 Å². The zero-order valence-corrected chi connectivity index (χ0v) is 8.80. The minimum Gasteiger partial charge on any atom is -0.368 e. The number of nitrogens with one attached hydrogen (secondary N) is 1. The number of amides is 1. The van der Waals surface area contributed by atoms with E-state index in [4.69, 9.17) is 11.2 Å². The van der Waals surface area contributed by atoms with Crippen molar-refractivity contribution in [3.63, 3.8) is 0 Å². The van der Waals surface area contributed by atoms with E-state index < -0.39 is 5.54 Å². The summed E-state index contributed by atoms with van der Waals surface area (Å²) in [6.07, 6.45) is 7.54. The number of ether oxygens (including phenoxy) is 1. The van der Waals surface area contributed by atoms with Gasteiger partial charge in [-0.05, 0) is 26.2 Å². The predicted octanol–water partition coefficient (Wildman–Crippen LogP) is 1.08. The number of hydrogen-bond acceptors (Lipinski definition) is 2. The van der Waals surface area contributed by atoms with Crippen molar-refractivity contribution in [1.82, 2.24) is 5.32 Å². The highest BCUT2D eigenvalue weighted by atomic mass is 16.5. The first kappa shape index (κ1) is 11.1. The Balaban J connectivity index is 2.51. The van der Waals surface area contributed by atoms with Gasteiger partial charge in [0, 0.05) is 6.61 Å². The van der Waals surface area contributed by atoms with Crippen LogP contribution in [0.5, 0.6) is 0 Å². The molecule has 0 radical (unpaired) electrons. The molecule has 0 spiro atoms. The summed E-state index contributed by atoms with van der Waals surface area (Å²) >= 11 is 0. The van der Waals surface area contributed by atoms with Crippen LogP contribution in [0.2, 0.25) is 0 Å². The molecule has 1 fully saturated rings. The summed E-state index contributed by atoms with van der Waals surface area (Å²) in [6.45, 7) is 4.48. The second kappa shape index (κ2) is 4.47. The number of hydrogen-bond donors (Lipinski definition) is 1. The van der Waals surface area contributed by atoms with Crippen LogP contribution in [0.3, 0.4) is 0 Å². The third-order valence-electron chi connectivity index (χ3n) is 2.65. The lowest BCUT2D eigenvalue weighted by atomic mass is 10.00. The number of rotatable bonds is 3. The minimum absolute atomic E-state index is 0.0789. The van der Waals surface area contributed by atoms with Gasteiger partial charge in [0.05, 0.1) is 5.54 Å². The van der Waals surface area contributed by atoms with Gasteiger partial charge in [-0.15, -0.1) is 6.42 Å². The highest BCUT2D eigenvalue weighted by molar-refractivity contribution is 5.82. The summed E-state index contributed by atoms with van der Waals surface area (Å²) in [4.78, 5) is 11.6. The molecule has 2 atom stereocenters. The summed E-state index contributed by atoms with van der Waals surface area (Å²) in [7, 11) is 0. The van der Waals surface area contributed by atoms with Gasteiger partial charge in [-0.2, -0.15) is 0 Å². The second-order valence-electron chi connectivity index (χ2n) is 3.82. The molecule has 78 valence electrons. The summed E-state index contributed by atoms with van der Waals surface area (Å²) in [5, 5.41) is 2.83. The lowest BCUT2D eigenvalue weighted by Gasteiger charge is -2.24. The molecule has 0 aliphatic carbocycles. The molecule has 0 aromatic carbocycles. The van der Waals surface area contributed by atoms with E-state index in [0.717, 1.165) is 19.3 Å². The van der Waals surface area contributed by atoms with Gasteiger partial charge < -0.3 is 10.1 Å². The number of carbonyl (C=O) groups excluding carboxylic acids is 1. The van der Waals surface area contributed by atoms with Crippen LogP contribution in [0.4, 0.5) is 0 Å². The van der Waals surface area contributed by atoms with Crippen molar-refractivity contribution in [2.75, 3.05) is 6.61 Å². The van der Waals surface area contributed by atoms with Gasteiger partial charge in [-0.3, -0.25) is 4.79 Å². The van der Waals surface area contributed by atoms with Crippen molar-refractivity contribution in [2.24, 2.45) is 0 Å². The van der Waals surface area contributed by atoms with E-state index in [2.05, 4.69) is 11.2 Å². The monoisotopic (exact) mass is 195 g/mol. The van der Waals surface area contributed by atoms with E-state index in [1.165, 1.54) is 0 Å². The highest BCUT2D eigenvalue weighted by Gasteiger charge is 2.29. The first-order valence-electron chi connectivity index (χ1n) is 5.02. The summed E-state index contributed by atoms with van der Waals surface area (Å²) in [5.74, 6) is 2.52. The first-order valence-corrected chi connectivity index (χ1v) is 5.02. The maximum Gasteiger partial charge on any atom is 0.250 e. The Morgan fingerprint density at radius 1 is 1.79 bits per heavy atom. The van der Waals surface area contributed by atoms with Crippen LogP contribution in [0, 0.1) is 12.3 Å². The predicted molar refractivity (Wildman–Crippen MR) is 54.6 cm³/mol. The molecule has 2 unspecified atom stereocenters. The van der Waals surface area contributed by atoms with Crippen molar-refractivity contribution >= 4 is 5.91 Å². The summed E-state index contributed by atoms with van der Waals surface area (Å²) < 4.78 is 5.27. The molecule has 1 rings (SSSR count). The molecule has 1 aliphatic heterocycles. The van der Waals surface area contributed by atoms with E-state index in [1.54, 1.807) is 0 Å². The van der Waals surface area contributed by atoms with Gasteiger partial charge in [0.2, 0.25) is 5.91 Å². The standard InChI is InChI=1S/C11H17NO2/c1-4-11(3,5-2)12-10(13)9-7-6-8-14-9/h1,9H,5-8H2,2-3H3,(H,12,13). The smallest absolute Gasteiger partial charge is 0.250 e. The topological polar surface area (TPSA) is 38.3 Å². The molecule has 1 N–H and O–H groups in total. The Kier molecular flexibility index (Phi) is 3.54. The molecule has 1 saturated heterocycles. The normalized spacial score (nSPS) is 25.1. The molecule has 3 heteroatoms. The van der Waals surface area contributed by atoms with Crippen LogP contribution in [0.1, 0.15) is 33.1 Å². The molecular formula is C11H17NO2. The largest absolute Gasteiger partial charge is 0.368 e. The Labute approximate surface area is 85.2 Å². The van der Waals surface area contributed by atoms with E-state index >= 15 is 0 Å². The Morgan fingerprint density at radius 2 is 2.50 bits per heavy atom. The van der Waals surface area contributed by atoms with Crippen LogP contribution in [0.15, 0.2) is 0 Å². The minimum atomic E-state index is -0.539. The first-order chi connectivity index (χ1) is 6.61. The van der Waals surface area contributed by atoms with E-state index in [0.29, 0.717) is 6.61 Å². The molecule has 1 amide bonds. The molecular weight excluding hydrogens is 178 g/mol. The van der Waals surface area contributed by atoms with Crippen LogP contribution in [0.25, 0.3) is 0 Å². The number of carbonyl (C=O) groups is 1. The third kappa shape index (κ3) is 2.49. The number of terminal acetylenes is 1. The second-order valence-corrected chi connectivity index (χ2v) is 3.82. The summed E-state index contributed by atoms with van der Waals surface area (Å²) in [5.41, 5.74) is -0.539. The Bertz CT molecular complexity index is 251. The van der Waals surface area contributed by atoms with Gasteiger partial charge in [0.15, 0.2) is 0 Å². The quantitative estimate of drug-likeness (QED) is 0.684. The maximum atomic E-state index is 11.6. The van der Waals surface area contributed by atoms with Crippen molar-refractivity contribution in [3.8, 4) is 12.3 Å². The van der Waals surface area contributed by atoms with Crippen LogP contribution in [-0.4, -0.2) is 24.2 Å². The van der Waals surface area contributed by atoms with E-state index in [9.17, 15) is 4.79 Å². The fourth-order valence-corrected chi connectivity index (χ4v) is 1.36.